The van der Waals surface area contributed by atoms with Crippen molar-refractivity contribution in [3.05, 3.63) is 64.7 Å². The maximum absolute atomic E-state index is 12.3. The fraction of sp³-hybridized carbons (Fsp3) is 0.188. The molecule has 1 amide bonds. The van der Waals surface area contributed by atoms with Gasteiger partial charge in [-0.1, -0.05) is 35.9 Å². The number of nitrogens with one attached hydrogen (secondary N) is 2. The Morgan fingerprint density at radius 3 is 2.60 bits per heavy atom. The summed E-state index contributed by atoms with van der Waals surface area (Å²) < 4.78 is 0. The van der Waals surface area contributed by atoms with Gasteiger partial charge in [0, 0.05) is 17.8 Å². The summed E-state index contributed by atoms with van der Waals surface area (Å²) in [7, 11) is 1.80. The van der Waals surface area contributed by atoms with Gasteiger partial charge in [-0.15, -0.1) is 0 Å². The van der Waals surface area contributed by atoms with Gasteiger partial charge in [0.15, 0.2) is 0 Å². The van der Waals surface area contributed by atoms with Crippen LogP contribution in [-0.2, 0) is 0 Å². The molecule has 1 unspecified atom stereocenters. The Hall–Kier alpha value is -2.00. The van der Waals surface area contributed by atoms with E-state index in [1.807, 2.05) is 49.4 Å². The Bertz CT molecular complexity index is 613. The quantitative estimate of drug-likeness (QED) is 0.896. The van der Waals surface area contributed by atoms with Crippen molar-refractivity contribution in [3.8, 4) is 0 Å². The number of hydrogen-bond donors (Lipinski definition) is 2. The zero-order valence-corrected chi connectivity index (χ0v) is 12.2. The Balaban J connectivity index is 2.15. The Morgan fingerprint density at radius 1 is 1.15 bits per heavy atom. The van der Waals surface area contributed by atoms with E-state index in [1.54, 1.807) is 13.1 Å². The molecule has 0 spiro atoms. The smallest absolute Gasteiger partial charge is 0.253 e. The van der Waals surface area contributed by atoms with E-state index in [-0.39, 0.29) is 11.9 Å². The van der Waals surface area contributed by atoms with Crippen LogP contribution in [0.4, 0.5) is 5.69 Å². The molecule has 2 rings (SSSR count). The average Bonchev–Trinajstić information content (AvgIpc) is 2.47. The summed E-state index contributed by atoms with van der Waals surface area (Å²) in [4.78, 5) is 12.3. The number of carbonyl (C=O) groups excluding carboxylic acids is 1. The van der Waals surface area contributed by atoms with Crippen LogP contribution in [0, 0.1) is 0 Å². The van der Waals surface area contributed by atoms with E-state index < -0.39 is 0 Å². The Kier molecular flexibility index (Phi) is 4.64. The molecule has 0 aliphatic rings. The first-order valence-corrected chi connectivity index (χ1v) is 6.82. The number of benzene rings is 2. The fourth-order valence-corrected chi connectivity index (χ4v) is 2.23. The lowest BCUT2D eigenvalue weighted by Crippen LogP contribution is -2.27. The lowest BCUT2D eigenvalue weighted by atomic mass is 10.1. The molecule has 104 valence electrons. The molecule has 4 heteroatoms. The number of anilines is 1. The predicted octanol–water partition coefficient (Wildman–Crippen LogP) is 3.87. The fourth-order valence-electron chi connectivity index (χ4n) is 2.03. The molecule has 0 aromatic heterocycles. The second-order valence-corrected chi connectivity index (χ2v) is 4.98. The van der Waals surface area contributed by atoms with Crippen LogP contribution < -0.4 is 10.6 Å². The number of amides is 1. The van der Waals surface area contributed by atoms with Crippen LogP contribution in [-0.4, -0.2) is 13.0 Å². The van der Waals surface area contributed by atoms with Gasteiger partial charge in [-0.2, -0.15) is 0 Å². The van der Waals surface area contributed by atoms with Crippen molar-refractivity contribution < 1.29 is 4.79 Å². The zero-order valence-electron chi connectivity index (χ0n) is 11.5. The van der Waals surface area contributed by atoms with Crippen molar-refractivity contribution in [2.24, 2.45) is 0 Å². The van der Waals surface area contributed by atoms with Crippen LogP contribution in [0.1, 0.15) is 28.9 Å². The molecule has 0 bridgehead atoms. The van der Waals surface area contributed by atoms with Crippen molar-refractivity contribution in [2.75, 3.05) is 12.4 Å². The normalized spacial score (nSPS) is 11.8. The molecule has 2 aromatic rings. The number of halogens is 1. The summed E-state index contributed by atoms with van der Waals surface area (Å²) in [6.07, 6.45) is 0. The molecule has 0 saturated heterocycles. The van der Waals surface area contributed by atoms with Crippen molar-refractivity contribution in [3.63, 3.8) is 0 Å². The topological polar surface area (TPSA) is 41.1 Å². The number of hydrogen-bond acceptors (Lipinski definition) is 2. The SMILES string of the molecule is CNc1ccccc1C(=O)NC(C)c1cccc(Cl)c1. The van der Waals surface area contributed by atoms with Crippen LogP contribution in [0.25, 0.3) is 0 Å². The maximum Gasteiger partial charge on any atom is 0.253 e. The van der Waals surface area contributed by atoms with Gasteiger partial charge in [0.05, 0.1) is 11.6 Å². The highest BCUT2D eigenvalue weighted by molar-refractivity contribution is 6.30. The van der Waals surface area contributed by atoms with Crippen LogP contribution >= 0.6 is 11.6 Å². The summed E-state index contributed by atoms with van der Waals surface area (Å²) in [6, 6.07) is 14.8. The standard InChI is InChI=1S/C16H17ClN2O/c1-11(12-6-5-7-13(17)10-12)19-16(20)14-8-3-4-9-15(14)18-2/h3-11,18H,1-2H3,(H,19,20). The molecule has 3 nitrogen and oxygen atoms in total. The van der Waals surface area contributed by atoms with Crippen molar-refractivity contribution in [1.82, 2.24) is 5.32 Å². The monoisotopic (exact) mass is 288 g/mol. The van der Waals surface area contributed by atoms with E-state index in [0.29, 0.717) is 10.6 Å². The first-order valence-electron chi connectivity index (χ1n) is 6.45. The van der Waals surface area contributed by atoms with Crippen LogP contribution in [0.15, 0.2) is 48.5 Å². The first kappa shape index (κ1) is 14.4. The molecule has 0 fully saturated rings. The second-order valence-electron chi connectivity index (χ2n) is 4.55. The molecule has 0 aliphatic carbocycles. The number of rotatable bonds is 4. The molecular weight excluding hydrogens is 272 g/mol. The van der Waals surface area contributed by atoms with E-state index in [1.165, 1.54) is 0 Å². The van der Waals surface area contributed by atoms with Crippen LogP contribution in [0.2, 0.25) is 5.02 Å². The molecular formula is C16H17ClN2O. The molecule has 2 N–H and O–H groups in total. The summed E-state index contributed by atoms with van der Waals surface area (Å²) in [5.41, 5.74) is 2.42. The van der Waals surface area contributed by atoms with E-state index in [4.69, 9.17) is 11.6 Å². The highest BCUT2D eigenvalue weighted by atomic mass is 35.5. The van der Waals surface area contributed by atoms with Gasteiger partial charge in [0.25, 0.3) is 5.91 Å². The molecule has 0 aliphatic heterocycles. The molecule has 0 saturated carbocycles. The molecule has 1 atom stereocenters. The third kappa shape index (κ3) is 3.31. The predicted molar refractivity (Wildman–Crippen MR) is 83.3 cm³/mol. The third-order valence-corrected chi connectivity index (χ3v) is 3.37. The van der Waals surface area contributed by atoms with Gasteiger partial charge in [-0.3, -0.25) is 4.79 Å². The summed E-state index contributed by atoms with van der Waals surface area (Å²) >= 11 is 5.97. The lowest BCUT2D eigenvalue weighted by molar-refractivity contribution is 0.0940. The van der Waals surface area contributed by atoms with Crippen molar-refractivity contribution in [1.29, 1.82) is 0 Å². The average molecular weight is 289 g/mol. The Morgan fingerprint density at radius 2 is 1.90 bits per heavy atom. The van der Waals surface area contributed by atoms with Gasteiger partial charge >= 0.3 is 0 Å². The molecule has 2 aromatic carbocycles. The highest BCUT2D eigenvalue weighted by Crippen LogP contribution is 2.19. The van der Waals surface area contributed by atoms with E-state index in [9.17, 15) is 4.79 Å². The van der Waals surface area contributed by atoms with Gasteiger partial charge in [0.2, 0.25) is 0 Å². The Labute approximate surface area is 124 Å². The van der Waals surface area contributed by atoms with Crippen LogP contribution in [0.5, 0.6) is 0 Å². The van der Waals surface area contributed by atoms with Crippen LogP contribution in [0.3, 0.4) is 0 Å². The lowest BCUT2D eigenvalue weighted by Gasteiger charge is -2.16. The minimum atomic E-state index is -0.109. The van der Waals surface area contributed by atoms with Crippen molar-refractivity contribution in [2.45, 2.75) is 13.0 Å². The van der Waals surface area contributed by atoms with E-state index >= 15 is 0 Å². The molecule has 0 heterocycles. The van der Waals surface area contributed by atoms with Gasteiger partial charge in [-0.25, -0.2) is 0 Å². The summed E-state index contributed by atoms with van der Waals surface area (Å²) in [5, 5.41) is 6.66. The number of carbonyl (C=O) groups is 1. The van der Waals surface area contributed by atoms with Gasteiger partial charge < -0.3 is 10.6 Å². The van der Waals surface area contributed by atoms with E-state index in [2.05, 4.69) is 10.6 Å². The first-order chi connectivity index (χ1) is 9.61. The maximum atomic E-state index is 12.3. The van der Waals surface area contributed by atoms with Gasteiger partial charge in [-0.05, 0) is 36.8 Å². The molecule has 20 heavy (non-hydrogen) atoms. The van der Waals surface area contributed by atoms with E-state index in [0.717, 1.165) is 11.3 Å². The van der Waals surface area contributed by atoms with Gasteiger partial charge in [0.1, 0.15) is 0 Å². The number of para-hydroxylation sites is 1. The summed E-state index contributed by atoms with van der Waals surface area (Å²) in [6.45, 7) is 1.94. The summed E-state index contributed by atoms with van der Waals surface area (Å²) in [5.74, 6) is -0.109. The zero-order chi connectivity index (χ0) is 14.5. The molecule has 0 radical (unpaired) electrons. The highest BCUT2D eigenvalue weighted by Gasteiger charge is 2.14. The largest absolute Gasteiger partial charge is 0.387 e. The van der Waals surface area contributed by atoms with Crippen molar-refractivity contribution >= 4 is 23.2 Å². The minimum Gasteiger partial charge on any atom is -0.387 e. The third-order valence-electron chi connectivity index (χ3n) is 3.14. The second kappa shape index (κ2) is 6.44. The minimum absolute atomic E-state index is 0.105.